The van der Waals surface area contributed by atoms with Crippen LogP contribution in [0.2, 0.25) is 0 Å². The first-order chi connectivity index (χ1) is 19.3. The van der Waals surface area contributed by atoms with E-state index < -0.39 is 60.5 Å². The smallest absolute Gasteiger partial charge is 0.319 e. The van der Waals surface area contributed by atoms with Crippen LogP contribution in [0.25, 0.3) is 5.65 Å². The first-order valence-electron chi connectivity index (χ1n) is 13.3. The number of piperidine rings is 1. The number of hydrogen-bond acceptors (Lipinski definition) is 6. The second-order valence-electron chi connectivity index (χ2n) is 10.7. The Balaban J connectivity index is 1.46. The van der Waals surface area contributed by atoms with Gasteiger partial charge in [-0.1, -0.05) is 0 Å². The van der Waals surface area contributed by atoms with Crippen LogP contribution in [0.5, 0.6) is 0 Å². The number of carbonyl (C=O) groups is 3. The molecule has 11 nitrogen and oxygen atoms in total. The maximum atomic E-state index is 14.2. The predicted molar refractivity (Wildman–Crippen MR) is 134 cm³/mol. The van der Waals surface area contributed by atoms with Crippen LogP contribution in [0.1, 0.15) is 66.9 Å². The molecule has 41 heavy (non-hydrogen) atoms. The summed E-state index contributed by atoms with van der Waals surface area (Å²) in [5.41, 5.74) is -1.43. The molecule has 0 spiro atoms. The minimum absolute atomic E-state index is 0.0569. The minimum Gasteiger partial charge on any atom is -0.480 e. The largest absolute Gasteiger partial charge is 0.480 e. The molecule has 15 heteroatoms. The van der Waals surface area contributed by atoms with Gasteiger partial charge in [0.2, 0.25) is 11.8 Å². The molecule has 0 bridgehead atoms. The lowest BCUT2D eigenvalue weighted by molar-refractivity contribution is -0.169. The van der Waals surface area contributed by atoms with Crippen LogP contribution >= 0.6 is 0 Å². The number of nitrogens with zero attached hydrogens (tertiary/aromatic N) is 5. The van der Waals surface area contributed by atoms with Crippen LogP contribution < -0.4 is 10.6 Å². The summed E-state index contributed by atoms with van der Waals surface area (Å²) in [4.78, 5) is 42.3. The van der Waals surface area contributed by atoms with E-state index in [1.54, 1.807) is 6.07 Å². The molecular weight excluding hydrogens is 550 g/mol. The summed E-state index contributed by atoms with van der Waals surface area (Å²) in [6.07, 6.45) is 0.808. The van der Waals surface area contributed by atoms with Crippen LogP contribution in [0.4, 0.5) is 17.6 Å². The molecule has 4 heterocycles. The van der Waals surface area contributed by atoms with E-state index in [9.17, 15) is 37.1 Å². The average Bonchev–Trinajstić information content (AvgIpc) is 3.56. The van der Waals surface area contributed by atoms with Gasteiger partial charge in [0.15, 0.2) is 11.1 Å². The Kier molecular flexibility index (Phi) is 7.24. The molecule has 0 aromatic carbocycles. The van der Waals surface area contributed by atoms with Crippen molar-refractivity contribution in [1.82, 2.24) is 35.0 Å². The normalized spacial score (nSPS) is 23.2. The molecule has 1 saturated carbocycles. The third-order valence-corrected chi connectivity index (χ3v) is 7.88. The fourth-order valence-electron chi connectivity index (χ4n) is 5.67. The number of carbonyl (C=O) groups excluding carboxylic acids is 2. The zero-order valence-corrected chi connectivity index (χ0v) is 22.1. The number of imidazole rings is 1. The molecule has 2 unspecified atom stereocenters. The lowest BCUT2D eigenvalue weighted by atomic mass is 9.74. The van der Waals surface area contributed by atoms with Gasteiger partial charge >= 0.3 is 5.97 Å². The standard InChI is InChI=1S/C26H29F4N7O4/c1-2-36-18(7-10-32-36)21(38)34-20(15-5-8-25(27,28)9-6-15)17-12-37-19(33-17)4-3-16(35-37)11-24(23(40)41)13-26(29,30)14-31-22(24)39/h3-4,7,10,12,15,20H,2,5-6,8-9,11,13-14H2,1H3,(H,31,39)(H,34,38)(H,40,41). The van der Waals surface area contributed by atoms with Gasteiger partial charge in [-0.05, 0) is 43.9 Å². The number of amides is 2. The van der Waals surface area contributed by atoms with Gasteiger partial charge in [0.1, 0.15) is 5.69 Å². The Morgan fingerprint density at radius 3 is 2.59 bits per heavy atom. The van der Waals surface area contributed by atoms with E-state index >= 15 is 0 Å². The summed E-state index contributed by atoms with van der Waals surface area (Å²) < 4.78 is 59.0. The molecule has 2 atom stereocenters. The number of aryl methyl sites for hydroxylation is 1. The first kappa shape index (κ1) is 28.5. The van der Waals surface area contributed by atoms with Crippen LogP contribution in [-0.2, 0) is 22.6 Å². The molecule has 5 rings (SSSR count). The minimum atomic E-state index is -3.41. The van der Waals surface area contributed by atoms with Gasteiger partial charge in [0, 0.05) is 38.4 Å². The Labute approximate surface area is 231 Å². The summed E-state index contributed by atoms with van der Waals surface area (Å²) in [6.45, 7) is 1.32. The molecule has 2 amide bonds. The van der Waals surface area contributed by atoms with Crippen molar-refractivity contribution < 1.29 is 37.1 Å². The monoisotopic (exact) mass is 579 g/mol. The van der Waals surface area contributed by atoms with Gasteiger partial charge in [-0.15, -0.1) is 0 Å². The molecule has 2 aliphatic rings. The molecule has 3 N–H and O–H groups in total. The quantitative estimate of drug-likeness (QED) is 0.275. The summed E-state index contributed by atoms with van der Waals surface area (Å²) >= 11 is 0. The number of nitrogens with one attached hydrogen (secondary N) is 2. The highest BCUT2D eigenvalue weighted by Crippen LogP contribution is 2.42. The summed E-state index contributed by atoms with van der Waals surface area (Å²) in [5, 5.41) is 23.1. The van der Waals surface area contributed by atoms with E-state index in [0.717, 1.165) is 0 Å². The number of aromatic nitrogens is 5. The number of carboxylic acid groups (broad SMARTS) is 1. The van der Waals surface area contributed by atoms with E-state index in [0.29, 0.717) is 23.6 Å². The fraction of sp³-hybridized carbons (Fsp3) is 0.538. The number of aliphatic carboxylic acids is 1. The van der Waals surface area contributed by atoms with Gasteiger partial charge < -0.3 is 15.7 Å². The topological polar surface area (TPSA) is 144 Å². The van der Waals surface area contributed by atoms with Crippen molar-refractivity contribution in [1.29, 1.82) is 0 Å². The molecule has 0 radical (unpaired) electrons. The molecule has 3 aromatic rings. The number of alkyl halides is 4. The third kappa shape index (κ3) is 5.61. The molecule has 1 aliphatic carbocycles. The van der Waals surface area contributed by atoms with E-state index in [1.165, 1.54) is 33.7 Å². The number of fused-ring (bicyclic) bond motifs is 1. The van der Waals surface area contributed by atoms with E-state index in [-0.39, 0.29) is 37.3 Å². The van der Waals surface area contributed by atoms with Crippen molar-refractivity contribution in [3.8, 4) is 0 Å². The Bertz CT molecular complexity index is 1480. The van der Waals surface area contributed by atoms with Crippen molar-refractivity contribution >= 4 is 23.4 Å². The van der Waals surface area contributed by atoms with E-state index in [1.807, 2.05) is 12.2 Å². The summed E-state index contributed by atoms with van der Waals surface area (Å²) in [5.74, 6) is -9.72. The molecule has 1 saturated heterocycles. The van der Waals surface area contributed by atoms with Crippen molar-refractivity contribution in [3.05, 3.63) is 47.7 Å². The van der Waals surface area contributed by atoms with Crippen molar-refractivity contribution in [3.63, 3.8) is 0 Å². The summed E-state index contributed by atoms with van der Waals surface area (Å²) in [7, 11) is 0. The number of hydrogen-bond donors (Lipinski definition) is 3. The van der Waals surface area contributed by atoms with Gasteiger partial charge in [-0.25, -0.2) is 27.1 Å². The molecule has 3 aromatic heterocycles. The number of halogens is 4. The van der Waals surface area contributed by atoms with Gasteiger partial charge in [-0.3, -0.25) is 19.1 Å². The van der Waals surface area contributed by atoms with E-state index in [4.69, 9.17) is 0 Å². The summed E-state index contributed by atoms with van der Waals surface area (Å²) in [6, 6.07) is 3.68. The van der Waals surface area contributed by atoms with Crippen LogP contribution in [0, 0.1) is 11.3 Å². The van der Waals surface area contributed by atoms with Crippen molar-refractivity contribution in [2.75, 3.05) is 6.54 Å². The number of rotatable bonds is 8. The van der Waals surface area contributed by atoms with E-state index in [2.05, 4.69) is 20.5 Å². The van der Waals surface area contributed by atoms with Crippen molar-refractivity contribution in [2.24, 2.45) is 11.3 Å². The maximum absolute atomic E-state index is 14.2. The third-order valence-electron chi connectivity index (χ3n) is 7.88. The van der Waals surface area contributed by atoms with Gasteiger partial charge in [0.05, 0.1) is 30.2 Å². The number of carboxylic acids is 1. The second-order valence-corrected chi connectivity index (χ2v) is 10.7. The zero-order chi connectivity index (χ0) is 29.6. The van der Waals surface area contributed by atoms with Crippen LogP contribution in [-0.4, -0.2) is 65.7 Å². The predicted octanol–water partition coefficient (Wildman–Crippen LogP) is 3.01. The van der Waals surface area contributed by atoms with Crippen molar-refractivity contribution in [2.45, 2.75) is 69.9 Å². The molecule has 1 aliphatic heterocycles. The fourth-order valence-corrected chi connectivity index (χ4v) is 5.67. The van der Waals surface area contributed by atoms with Gasteiger partial charge in [-0.2, -0.15) is 10.2 Å². The molecule has 220 valence electrons. The lowest BCUT2D eigenvalue weighted by Crippen LogP contribution is -2.59. The average molecular weight is 580 g/mol. The Morgan fingerprint density at radius 2 is 1.90 bits per heavy atom. The SMILES string of the molecule is CCn1nccc1C(=O)NC(c1cn2nc(CC3(C(=O)O)CC(F)(F)CNC3=O)ccc2n1)C1CCC(F)(F)CC1. The highest BCUT2D eigenvalue weighted by Gasteiger charge is 2.57. The van der Waals surface area contributed by atoms with Gasteiger partial charge in [0.25, 0.3) is 11.8 Å². The zero-order valence-electron chi connectivity index (χ0n) is 22.1. The van der Waals surface area contributed by atoms with Crippen LogP contribution in [0.15, 0.2) is 30.6 Å². The second kappa shape index (κ2) is 10.4. The molecular formula is C26H29F4N7O4. The highest BCUT2D eigenvalue weighted by molar-refractivity contribution is 6.03. The Hall–Kier alpha value is -4.04. The molecule has 2 fully saturated rings. The highest BCUT2D eigenvalue weighted by atomic mass is 19.3. The van der Waals surface area contributed by atoms with Crippen LogP contribution in [0.3, 0.4) is 0 Å². The maximum Gasteiger partial charge on any atom is 0.319 e. The first-order valence-corrected chi connectivity index (χ1v) is 13.3. The Morgan fingerprint density at radius 1 is 1.17 bits per heavy atom. The lowest BCUT2D eigenvalue weighted by Gasteiger charge is -2.36.